The van der Waals surface area contributed by atoms with E-state index in [-0.39, 0.29) is 18.0 Å². The Labute approximate surface area is 128 Å². The van der Waals surface area contributed by atoms with Gasteiger partial charge >= 0.3 is 12.0 Å². The lowest BCUT2D eigenvalue weighted by atomic mass is 9.91. The smallest absolute Gasteiger partial charge is 0.326 e. The summed E-state index contributed by atoms with van der Waals surface area (Å²) in [6.07, 6.45) is 4.11. The summed E-state index contributed by atoms with van der Waals surface area (Å²) in [4.78, 5) is 29.6. The number of rotatable bonds is 4. The first-order valence-electron chi connectivity index (χ1n) is 7.24. The third-order valence-electron chi connectivity index (χ3n) is 3.90. The molecule has 21 heavy (non-hydrogen) atoms. The van der Waals surface area contributed by atoms with E-state index in [0.29, 0.717) is 6.54 Å². The van der Waals surface area contributed by atoms with Crippen molar-refractivity contribution in [3.8, 4) is 0 Å². The van der Waals surface area contributed by atoms with Crippen molar-refractivity contribution in [1.82, 2.24) is 15.2 Å². The highest BCUT2D eigenvalue weighted by Crippen LogP contribution is 2.25. The maximum absolute atomic E-state index is 12.5. The number of carbonyl (C=O) groups excluding carboxylic acids is 1. The number of aromatic nitrogens is 1. The van der Waals surface area contributed by atoms with E-state index < -0.39 is 12.0 Å². The van der Waals surface area contributed by atoms with Crippen LogP contribution in [-0.2, 0) is 4.79 Å². The predicted octanol–water partition coefficient (Wildman–Crippen LogP) is 2.49. The highest BCUT2D eigenvalue weighted by molar-refractivity contribution is 7.09. The van der Waals surface area contributed by atoms with Crippen molar-refractivity contribution in [2.75, 3.05) is 6.54 Å². The summed E-state index contributed by atoms with van der Waals surface area (Å²) in [5, 5.41) is 15.0. The van der Waals surface area contributed by atoms with Crippen molar-refractivity contribution < 1.29 is 14.7 Å². The van der Waals surface area contributed by atoms with Gasteiger partial charge in [-0.15, -0.1) is 11.3 Å². The summed E-state index contributed by atoms with van der Waals surface area (Å²) in [5.74, 6) is -0.957. The van der Waals surface area contributed by atoms with E-state index in [9.17, 15) is 14.7 Å². The number of nitrogens with zero attached hydrogens (tertiary/aromatic N) is 2. The predicted molar refractivity (Wildman–Crippen MR) is 80.2 cm³/mol. The number of nitrogens with one attached hydrogen (secondary N) is 1. The summed E-state index contributed by atoms with van der Waals surface area (Å²) in [5.41, 5.74) is 0. The molecule has 1 aliphatic heterocycles. The van der Waals surface area contributed by atoms with Crippen LogP contribution in [0.15, 0.2) is 11.6 Å². The van der Waals surface area contributed by atoms with Crippen molar-refractivity contribution in [3.63, 3.8) is 0 Å². The molecule has 1 saturated heterocycles. The largest absolute Gasteiger partial charge is 0.480 e. The molecule has 0 spiro atoms. The molecule has 0 bridgehead atoms. The molecule has 2 rings (SSSR count). The van der Waals surface area contributed by atoms with Gasteiger partial charge in [0.25, 0.3) is 0 Å². The van der Waals surface area contributed by atoms with Crippen molar-refractivity contribution in [1.29, 1.82) is 0 Å². The molecule has 0 aromatic carbocycles. The number of carboxylic acids is 1. The van der Waals surface area contributed by atoms with Crippen LogP contribution in [0.25, 0.3) is 0 Å². The third kappa shape index (κ3) is 3.53. The Balaban J connectivity index is 2.08. The molecule has 3 unspecified atom stereocenters. The molecule has 0 radical (unpaired) electrons. The monoisotopic (exact) mass is 311 g/mol. The zero-order valence-electron chi connectivity index (χ0n) is 12.3. The highest BCUT2D eigenvalue weighted by Gasteiger charge is 2.37. The van der Waals surface area contributed by atoms with Gasteiger partial charge in [0.1, 0.15) is 11.0 Å². The summed E-state index contributed by atoms with van der Waals surface area (Å²) in [6.45, 7) is 4.34. The number of carbonyl (C=O) groups is 2. The van der Waals surface area contributed by atoms with Crippen molar-refractivity contribution in [2.45, 2.75) is 45.2 Å². The molecule has 3 atom stereocenters. The Morgan fingerprint density at radius 1 is 1.62 bits per heavy atom. The van der Waals surface area contributed by atoms with Crippen LogP contribution in [0.5, 0.6) is 0 Å². The number of thiazole rings is 1. The lowest BCUT2D eigenvalue weighted by molar-refractivity contribution is -0.145. The maximum Gasteiger partial charge on any atom is 0.326 e. The van der Waals surface area contributed by atoms with E-state index in [4.69, 9.17) is 0 Å². The fourth-order valence-electron chi connectivity index (χ4n) is 2.77. The van der Waals surface area contributed by atoms with Crippen LogP contribution in [0.3, 0.4) is 0 Å². The number of amides is 2. The lowest BCUT2D eigenvalue weighted by Crippen LogP contribution is -2.55. The van der Waals surface area contributed by atoms with Gasteiger partial charge in [0.05, 0.1) is 6.04 Å². The van der Waals surface area contributed by atoms with Crippen molar-refractivity contribution in [2.24, 2.45) is 5.92 Å². The van der Waals surface area contributed by atoms with Crippen molar-refractivity contribution >= 4 is 23.3 Å². The van der Waals surface area contributed by atoms with Gasteiger partial charge in [-0.25, -0.2) is 14.6 Å². The minimum atomic E-state index is -0.931. The Morgan fingerprint density at radius 2 is 2.38 bits per heavy atom. The van der Waals surface area contributed by atoms with Crippen molar-refractivity contribution in [3.05, 3.63) is 16.6 Å². The molecule has 1 aromatic rings. The van der Waals surface area contributed by atoms with Gasteiger partial charge in [-0.1, -0.05) is 13.8 Å². The van der Waals surface area contributed by atoms with Crippen LogP contribution in [-0.4, -0.2) is 39.6 Å². The first-order chi connectivity index (χ1) is 10.0. The quantitative estimate of drug-likeness (QED) is 0.895. The molecule has 1 fully saturated rings. The summed E-state index contributed by atoms with van der Waals surface area (Å²) < 4.78 is 0. The average molecular weight is 311 g/mol. The molecule has 1 aromatic heterocycles. The van der Waals surface area contributed by atoms with Crippen LogP contribution in [0, 0.1) is 5.92 Å². The van der Waals surface area contributed by atoms with Gasteiger partial charge in [-0.2, -0.15) is 0 Å². The molecule has 116 valence electrons. The number of hydrogen-bond donors (Lipinski definition) is 2. The second-order valence-corrected chi connectivity index (χ2v) is 6.30. The van der Waals surface area contributed by atoms with Crippen LogP contribution in [0.1, 0.15) is 44.2 Å². The minimum absolute atomic E-state index is 0.0260. The fraction of sp³-hybridized carbons (Fsp3) is 0.643. The summed E-state index contributed by atoms with van der Waals surface area (Å²) in [7, 11) is 0. The van der Waals surface area contributed by atoms with E-state index in [2.05, 4.69) is 10.3 Å². The Morgan fingerprint density at radius 3 is 2.95 bits per heavy atom. The van der Waals surface area contributed by atoms with E-state index in [1.807, 2.05) is 19.2 Å². The lowest BCUT2D eigenvalue weighted by Gasteiger charge is -2.37. The average Bonchev–Trinajstić information content (AvgIpc) is 2.97. The van der Waals surface area contributed by atoms with Gasteiger partial charge in [-0.3, -0.25) is 0 Å². The van der Waals surface area contributed by atoms with Gasteiger partial charge in [0, 0.05) is 18.1 Å². The normalized spacial score (nSPS) is 23.6. The number of aliphatic carboxylic acids is 1. The first kappa shape index (κ1) is 15.8. The van der Waals surface area contributed by atoms with Gasteiger partial charge in [0.15, 0.2) is 0 Å². The number of hydrogen-bond acceptors (Lipinski definition) is 4. The second kappa shape index (κ2) is 6.89. The van der Waals surface area contributed by atoms with Crippen LogP contribution >= 0.6 is 11.3 Å². The molecule has 6 nitrogen and oxygen atoms in total. The zero-order valence-corrected chi connectivity index (χ0v) is 13.1. The van der Waals surface area contributed by atoms with Gasteiger partial charge in [0.2, 0.25) is 0 Å². The molecule has 2 heterocycles. The second-order valence-electron chi connectivity index (χ2n) is 5.38. The van der Waals surface area contributed by atoms with E-state index in [1.165, 1.54) is 16.2 Å². The maximum atomic E-state index is 12.5. The van der Waals surface area contributed by atoms with Gasteiger partial charge in [-0.05, 0) is 25.2 Å². The molecular formula is C14H21N3O3S. The standard InChI is InChI=1S/C14H21N3O3S/c1-3-10(12-15-6-8-21-12)16-14(20)17-7-4-5-9(2)11(17)13(18)19/h6,8-11H,3-5,7H2,1-2H3,(H,16,20)(H,18,19). The van der Waals surface area contributed by atoms with Crippen LogP contribution in [0.2, 0.25) is 0 Å². The number of urea groups is 1. The van der Waals surface area contributed by atoms with Crippen LogP contribution < -0.4 is 5.32 Å². The molecule has 0 saturated carbocycles. The van der Waals surface area contributed by atoms with E-state index >= 15 is 0 Å². The summed E-state index contributed by atoms with van der Waals surface area (Å²) in [6, 6.07) is -1.22. The number of piperidine rings is 1. The fourth-order valence-corrected chi connectivity index (χ4v) is 3.54. The van der Waals surface area contributed by atoms with E-state index in [0.717, 1.165) is 24.3 Å². The number of likely N-dealkylation sites (tertiary alicyclic amines) is 1. The summed E-state index contributed by atoms with van der Waals surface area (Å²) >= 11 is 1.49. The Hall–Kier alpha value is -1.63. The first-order valence-corrected chi connectivity index (χ1v) is 8.11. The SMILES string of the molecule is CCC(NC(=O)N1CCCC(C)C1C(=O)O)c1nccs1. The molecule has 2 N–H and O–H groups in total. The van der Waals surface area contributed by atoms with E-state index in [1.54, 1.807) is 6.20 Å². The minimum Gasteiger partial charge on any atom is -0.480 e. The Bertz CT molecular complexity index is 492. The zero-order chi connectivity index (χ0) is 15.4. The number of carboxylic acid groups (broad SMARTS) is 1. The molecule has 1 aliphatic rings. The molecule has 7 heteroatoms. The van der Waals surface area contributed by atoms with Gasteiger partial charge < -0.3 is 15.3 Å². The third-order valence-corrected chi connectivity index (χ3v) is 4.79. The molecular weight excluding hydrogens is 290 g/mol. The molecule has 2 amide bonds. The highest BCUT2D eigenvalue weighted by atomic mass is 32.1. The Kier molecular flexibility index (Phi) is 5.17. The topological polar surface area (TPSA) is 82.5 Å². The molecule has 0 aliphatic carbocycles. The van der Waals surface area contributed by atoms with Crippen LogP contribution in [0.4, 0.5) is 4.79 Å².